The van der Waals surface area contributed by atoms with Crippen LogP contribution in [0.3, 0.4) is 0 Å². The van der Waals surface area contributed by atoms with Crippen LogP contribution in [0.2, 0.25) is 0 Å². The lowest BCUT2D eigenvalue weighted by molar-refractivity contribution is -0.134. The highest BCUT2D eigenvalue weighted by molar-refractivity contribution is 6.11. The Balaban J connectivity index is 1.62. The molecule has 2 aromatic rings. The minimum atomic E-state index is -0.879. The first kappa shape index (κ1) is 20.1. The van der Waals surface area contributed by atoms with Gasteiger partial charge in [-0.15, -0.1) is 0 Å². The average molecular weight is 409 g/mol. The second kappa shape index (κ2) is 7.55. The second-order valence-corrected chi connectivity index (χ2v) is 7.89. The summed E-state index contributed by atoms with van der Waals surface area (Å²) in [7, 11) is 0. The van der Waals surface area contributed by atoms with Crippen LogP contribution in [0.4, 0.5) is 10.1 Å². The van der Waals surface area contributed by atoms with Crippen LogP contribution in [0.5, 0.6) is 0 Å². The monoisotopic (exact) mass is 409 g/mol. The SMILES string of the molecule is CCN(Cc1cccc(F)c1)C(=O)CN1C(=O)c2ccccc2N2C(=O)CC[C@@]12C. The van der Waals surface area contributed by atoms with Gasteiger partial charge in [0.05, 0.1) is 11.3 Å². The van der Waals surface area contributed by atoms with E-state index in [1.165, 1.54) is 17.0 Å². The van der Waals surface area contributed by atoms with Gasteiger partial charge in [-0.1, -0.05) is 24.3 Å². The smallest absolute Gasteiger partial charge is 0.258 e. The number of likely N-dealkylation sites (N-methyl/N-ethyl adjacent to an activating group) is 1. The minimum Gasteiger partial charge on any atom is -0.337 e. The molecule has 30 heavy (non-hydrogen) atoms. The largest absolute Gasteiger partial charge is 0.337 e. The molecule has 0 bridgehead atoms. The molecule has 2 aromatic carbocycles. The fourth-order valence-electron chi connectivity index (χ4n) is 4.41. The fraction of sp³-hybridized carbons (Fsp3) is 0.348. The molecular weight excluding hydrogens is 385 g/mol. The third-order valence-corrected chi connectivity index (χ3v) is 6.04. The van der Waals surface area contributed by atoms with E-state index in [0.717, 1.165) is 0 Å². The van der Waals surface area contributed by atoms with Crippen LogP contribution in [0, 0.1) is 5.82 Å². The Morgan fingerprint density at radius 3 is 2.67 bits per heavy atom. The van der Waals surface area contributed by atoms with Gasteiger partial charge in [0.2, 0.25) is 11.8 Å². The van der Waals surface area contributed by atoms with Crippen molar-refractivity contribution < 1.29 is 18.8 Å². The van der Waals surface area contributed by atoms with Crippen LogP contribution in [0.1, 0.15) is 42.6 Å². The molecule has 0 saturated carbocycles. The predicted molar refractivity (Wildman–Crippen MR) is 110 cm³/mol. The van der Waals surface area contributed by atoms with Gasteiger partial charge in [-0.25, -0.2) is 4.39 Å². The Kier molecular flexibility index (Phi) is 5.05. The van der Waals surface area contributed by atoms with Crippen LogP contribution < -0.4 is 4.90 Å². The van der Waals surface area contributed by atoms with E-state index >= 15 is 0 Å². The Labute approximate surface area is 174 Å². The first-order chi connectivity index (χ1) is 14.3. The van der Waals surface area contributed by atoms with Crippen molar-refractivity contribution >= 4 is 23.4 Å². The summed E-state index contributed by atoms with van der Waals surface area (Å²) in [5, 5.41) is 0. The van der Waals surface area contributed by atoms with Crippen molar-refractivity contribution in [3.8, 4) is 0 Å². The summed E-state index contributed by atoms with van der Waals surface area (Å²) < 4.78 is 13.5. The number of rotatable bonds is 5. The zero-order valence-electron chi connectivity index (χ0n) is 17.1. The van der Waals surface area contributed by atoms with Gasteiger partial charge in [0.25, 0.3) is 5.91 Å². The molecule has 156 valence electrons. The summed E-state index contributed by atoms with van der Waals surface area (Å²) in [5.41, 5.74) is 0.829. The molecule has 0 radical (unpaired) electrons. The van der Waals surface area contributed by atoms with Crippen LogP contribution in [0.15, 0.2) is 48.5 Å². The number of benzene rings is 2. The number of anilines is 1. The molecule has 0 aliphatic carbocycles. The molecular formula is C23H24FN3O3. The van der Waals surface area contributed by atoms with Gasteiger partial charge in [-0.3, -0.25) is 19.3 Å². The second-order valence-electron chi connectivity index (χ2n) is 7.89. The van der Waals surface area contributed by atoms with E-state index in [2.05, 4.69) is 0 Å². The lowest BCUT2D eigenvalue weighted by Gasteiger charge is -2.48. The highest BCUT2D eigenvalue weighted by atomic mass is 19.1. The normalized spacial score (nSPS) is 20.2. The molecule has 1 atom stereocenters. The summed E-state index contributed by atoms with van der Waals surface area (Å²) in [6, 6.07) is 13.1. The number of fused-ring (bicyclic) bond motifs is 3. The number of hydrogen-bond donors (Lipinski definition) is 0. The van der Waals surface area contributed by atoms with Gasteiger partial charge in [0.15, 0.2) is 0 Å². The Morgan fingerprint density at radius 1 is 1.17 bits per heavy atom. The van der Waals surface area contributed by atoms with Gasteiger partial charge in [-0.2, -0.15) is 0 Å². The highest BCUT2D eigenvalue weighted by Gasteiger charge is 2.53. The lowest BCUT2D eigenvalue weighted by Crippen LogP contribution is -2.64. The van der Waals surface area contributed by atoms with Crippen molar-refractivity contribution in [2.45, 2.75) is 38.9 Å². The molecule has 0 spiro atoms. The third-order valence-electron chi connectivity index (χ3n) is 6.04. The van der Waals surface area contributed by atoms with E-state index in [9.17, 15) is 18.8 Å². The van der Waals surface area contributed by atoms with Crippen molar-refractivity contribution in [2.24, 2.45) is 0 Å². The number of carbonyl (C=O) groups excluding carboxylic acids is 3. The van der Waals surface area contributed by atoms with E-state index in [0.29, 0.717) is 36.2 Å². The van der Waals surface area contributed by atoms with Crippen LogP contribution in [-0.2, 0) is 16.1 Å². The molecule has 0 N–H and O–H groups in total. The van der Waals surface area contributed by atoms with E-state index < -0.39 is 5.66 Å². The Hall–Kier alpha value is -3.22. The summed E-state index contributed by atoms with van der Waals surface area (Å²) in [6.07, 6.45) is 0.790. The zero-order valence-corrected chi connectivity index (χ0v) is 17.1. The molecule has 3 amide bonds. The topological polar surface area (TPSA) is 60.9 Å². The number of carbonyl (C=O) groups is 3. The maximum absolute atomic E-state index is 13.5. The number of amides is 3. The summed E-state index contributed by atoms with van der Waals surface area (Å²) in [4.78, 5) is 43.8. The maximum atomic E-state index is 13.5. The van der Waals surface area contributed by atoms with Crippen LogP contribution in [0.25, 0.3) is 0 Å². The molecule has 1 fully saturated rings. The number of hydrogen-bond acceptors (Lipinski definition) is 3. The minimum absolute atomic E-state index is 0.0537. The van der Waals surface area contributed by atoms with E-state index in [1.807, 2.05) is 13.8 Å². The van der Waals surface area contributed by atoms with Gasteiger partial charge in [-0.05, 0) is 50.1 Å². The molecule has 4 rings (SSSR count). The Morgan fingerprint density at radius 2 is 1.93 bits per heavy atom. The van der Waals surface area contributed by atoms with Crippen molar-refractivity contribution in [1.82, 2.24) is 9.80 Å². The fourth-order valence-corrected chi connectivity index (χ4v) is 4.41. The van der Waals surface area contributed by atoms with E-state index in [4.69, 9.17) is 0 Å². The summed E-state index contributed by atoms with van der Waals surface area (Å²) >= 11 is 0. The lowest BCUT2D eigenvalue weighted by atomic mass is 9.98. The zero-order chi connectivity index (χ0) is 21.5. The van der Waals surface area contributed by atoms with E-state index in [1.54, 1.807) is 46.2 Å². The molecule has 2 aliphatic heterocycles. The third kappa shape index (κ3) is 3.24. The molecule has 2 aliphatic rings. The maximum Gasteiger partial charge on any atom is 0.258 e. The summed E-state index contributed by atoms with van der Waals surface area (Å²) in [5.74, 6) is -0.905. The predicted octanol–water partition coefficient (Wildman–Crippen LogP) is 3.17. The molecule has 6 nitrogen and oxygen atoms in total. The standard InChI is InChI=1S/C23H24FN3O3/c1-3-25(14-16-7-6-8-17(24)13-16)21(29)15-26-22(30)18-9-4-5-10-19(18)27-20(28)11-12-23(26,27)2/h4-10,13H,3,11-12,14-15H2,1-2H3/t23-/m0/s1. The van der Waals surface area contributed by atoms with Crippen molar-refractivity contribution in [1.29, 1.82) is 0 Å². The van der Waals surface area contributed by atoms with Crippen molar-refractivity contribution in [3.63, 3.8) is 0 Å². The highest BCUT2D eigenvalue weighted by Crippen LogP contribution is 2.43. The number of para-hydroxylation sites is 1. The Bertz CT molecular complexity index is 1020. The van der Waals surface area contributed by atoms with Crippen molar-refractivity contribution in [2.75, 3.05) is 18.0 Å². The van der Waals surface area contributed by atoms with Gasteiger partial charge < -0.3 is 9.80 Å². The molecule has 1 saturated heterocycles. The van der Waals surface area contributed by atoms with Gasteiger partial charge >= 0.3 is 0 Å². The summed E-state index contributed by atoms with van der Waals surface area (Å²) in [6.45, 7) is 4.22. The number of nitrogens with zero attached hydrogens (tertiary/aromatic N) is 3. The van der Waals surface area contributed by atoms with Crippen LogP contribution in [-0.4, -0.2) is 46.3 Å². The molecule has 0 unspecified atom stereocenters. The first-order valence-corrected chi connectivity index (χ1v) is 10.1. The van der Waals surface area contributed by atoms with Crippen molar-refractivity contribution in [3.05, 3.63) is 65.5 Å². The molecule has 0 aromatic heterocycles. The molecule has 2 heterocycles. The van der Waals surface area contributed by atoms with Crippen LogP contribution >= 0.6 is 0 Å². The quantitative estimate of drug-likeness (QED) is 0.762. The average Bonchev–Trinajstić information content (AvgIpc) is 3.04. The first-order valence-electron chi connectivity index (χ1n) is 10.1. The van der Waals surface area contributed by atoms with Gasteiger partial charge in [0, 0.05) is 19.5 Å². The van der Waals surface area contributed by atoms with E-state index in [-0.39, 0.29) is 36.6 Å². The van der Waals surface area contributed by atoms with Gasteiger partial charge in [0.1, 0.15) is 18.0 Å². The number of halogens is 1. The molecule has 7 heteroatoms.